The number of carbonyl (C=O) groups is 1. The Morgan fingerprint density at radius 1 is 1.14 bits per heavy atom. The van der Waals surface area contributed by atoms with Gasteiger partial charge in [-0.15, -0.1) is 0 Å². The molecule has 0 bridgehead atoms. The second-order valence-corrected chi connectivity index (χ2v) is 10.2. The highest BCUT2D eigenvalue weighted by Crippen LogP contribution is 2.35. The number of halogens is 3. The molecule has 0 aliphatic heterocycles. The van der Waals surface area contributed by atoms with Crippen LogP contribution in [0.5, 0.6) is 0 Å². The van der Waals surface area contributed by atoms with Crippen LogP contribution in [-0.4, -0.2) is 37.6 Å². The van der Waals surface area contributed by atoms with Crippen LogP contribution in [0.4, 0.5) is 36.3 Å². The number of hydrogen-bond acceptors (Lipinski definition) is 7. The maximum absolute atomic E-state index is 13.7. The van der Waals surface area contributed by atoms with E-state index < -0.39 is 33.5 Å². The zero-order valence-electron chi connectivity index (χ0n) is 19.9. The van der Waals surface area contributed by atoms with Crippen molar-refractivity contribution in [2.45, 2.75) is 26.6 Å². The predicted molar refractivity (Wildman–Crippen MR) is 132 cm³/mol. The molecule has 3 rings (SSSR count). The summed E-state index contributed by atoms with van der Waals surface area (Å²) in [6, 6.07) is 9.59. The number of hydrogen-bond donors (Lipinski definition) is 3. The Bertz CT molecular complexity index is 1410. The Balaban J connectivity index is 1.97. The van der Waals surface area contributed by atoms with Gasteiger partial charge in [0.15, 0.2) is 0 Å². The first kappa shape index (κ1) is 26.7. The number of alkyl halides is 3. The monoisotopic (exact) mass is 522 g/mol. The number of amides is 1. The van der Waals surface area contributed by atoms with Crippen LogP contribution in [0.1, 0.15) is 32.6 Å². The van der Waals surface area contributed by atoms with Crippen LogP contribution in [0, 0.1) is 13.8 Å². The van der Waals surface area contributed by atoms with E-state index in [0.29, 0.717) is 28.7 Å². The summed E-state index contributed by atoms with van der Waals surface area (Å²) in [4.78, 5) is 19.3. The summed E-state index contributed by atoms with van der Waals surface area (Å²) in [7, 11) is -2.24. The van der Waals surface area contributed by atoms with Crippen molar-refractivity contribution in [3.8, 4) is 0 Å². The summed E-state index contributed by atoms with van der Waals surface area (Å²) in [5.41, 5.74) is 7.05. The summed E-state index contributed by atoms with van der Waals surface area (Å²) in [5, 5.41) is 5.48. The van der Waals surface area contributed by atoms with Crippen molar-refractivity contribution in [3.63, 3.8) is 0 Å². The van der Waals surface area contributed by atoms with Crippen LogP contribution >= 0.6 is 0 Å². The van der Waals surface area contributed by atoms with Crippen LogP contribution < -0.4 is 20.7 Å². The average Bonchev–Trinajstić information content (AvgIpc) is 2.77. The highest BCUT2D eigenvalue weighted by atomic mass is 32.2. The molecule has 0 fully saturated rings. The van der Waals surface area contributed by atoms with E-state index in [1.807, 2.05) is 0 Å². The van der Waals surface area contributed by atoms with E-state index in [1.54, 1.807) is 38.1 Å². The summed E-state index contributed by atoms with van der Waals surface area (Å²) < 4.78 is 66.2. The SMILES string of the molecule is Cc1ccc(CNc2nc(Nc3cc(C(N)=O)ccc3C)ncc2C(F)(F)F)c(N(C)S(C)(=O)=O)c1. The van der Waals surface area contributed by atoms with Gasteiger partial charge in [0, 0.05) is 31.0 Å². The molecule has 3 aromatic rings. The largest absolute Gasteiger partial charge is 0.421 e. The van der Waals surface area contributed by atoms with E-state index in [-0.39, 0.29) is 18.1 Å². The molecule has 1 aromatic heterocycles. The fourth-order valence-corrected chi connectivity index (χ4v) is 3.82. The van der Waals surface area contributed by atoms with Crippen molar-refractivity contribution in [2.24, 2.45) is 5.73 Å². The molecule has 0 atom stereocenters. The van der Waals surface area contributed by atoms with Crippen molar-refractivity contribution >= 4 is 39.1 Å². The summed E-state index contributed by atoms with van der Waals surface area (Å²) in [6.45, 7) is 3.36. The quantitative estimate of drug-likeness (QED) is 0.408. The van der Waals surface area contributed by atoms with Crippen LogP contribution in [-0.2, 0) is 22.7 Å². The lowest BCUT2D eigenvalue weighted by atomic mass is 10.1. The first-order chi connectivity index (χ1) is 16.7. The van der Waals surface area contributed by atoms with Gasteiger partial charge in [-0.2, -0.15) is 18.2 Å². The summed E-state index contributed by atoms with van der Waals surface area (Å²) in [5.74, 6) is -1.31. The number of nitrogens with one attached hydrogen (secondary N) is 2. The molecule has 0 spiro atoms. The van der Waals surface area contributed by atoms with Gasteiger partial charge in [0.2, 0.25) is 21.9 Å². The second kappa shape index (κ2) is 10.0. The predicted octanol–water partition coefficient (Wildman–Crippen LogP) is 3.96. The fourth-order valence-electron chi connectivity index (χ4n) is 3.29. The van der Waals surface area contributed by atoms with E-state index in [1.165, 1.54) is 19.2 Å². The Morgan fingerprint density at radius 2 is 1.83 bits per heavy atom. The van der Waals surface area contributed by atoms with Crippen LogP contribution in [0.25, 0.3) is 0 Å². The summed E-state index contributed by atoms with van der Waals surface area (Å²) in [6.07, 6.45) is -3.07. The van der Waals surface area contributed by atoms with Crippen molar-refractivity contribution in [1.82, 2.24) is 9.97 Å². The third kappa shape index (κ3) is 6.22. The molecule has 1 heterocycles. The molecule has 0 aliphatic carbocycles. The van der Waals surface area contributed by atoms with Gasteiger partial charge in [-0.25, -0.2) is 13.4 Å². The number of primary amides is 1. The lowest BCUT2D eigenvalue weighted by molar-refractivity contribution is -0.137. The Kier molecular flexibility index (Phi) is 7.43. The average molecular weight is 523 g/mol. The number of aromatic nitrogens is 2. The normalized spacial score (nSPS) is 11.8. The lowest BCUT2D eigenvalue weighted by Gasteiger charge is -2.22. The fraction of sp³-hybridized carbons (Fsp3) is 0.261. The van der Waals surface area contributed by atoms with Crippen LogP contribution in [0.2, 0.25) is 0 Å². The maximum Gasteiger partial charge on any atom is 0.421 e. The van der Waals surface area contributed by atoms with Crippen molar-refractivity contribution < 1.29 is 26.4 Å². The molecular formula is C23H25F3N6O3S. The molecule has 192 valence electrons. The van der Waals surface area contributed by atoms with E-state index in [4.69, 9.17) is 5.73 Å². The van der Waals surface area contributed by atoms with E-state index in [2.05, 4.69) is 20.6 Å². The molecule has 0 unspecified atom stereocenters. The van der Waals surface area contributed by atoms with Crippen LogP contribution in [0.15, 0.2) is 42.6 Å². The molecule has 13 heteroatoms. The highest BCUT2D eigenvalue weighted by Gasteiger charge is 2.35. The van der Waals surface area contributed by atoms with Gasteiger partial charge in [0.1, 0.15) is 11.4 Å². The molecule has 1 amide bonds. The van der Waals surface area contributed by atoms with E-state index >= 15 is 0 Å². The van der Waals surface area contributed by atoms with Gasteiger partial charge in [0.25, 0.3) is 0 Å². The molecule has 9 nitrogen and oxygen atoms in total. The zero-order valence-corrected chi connectivity index (χ0v) is 20.8. The third-order valence-electron chi connectivity index (χ3n) is 5.39. The second-order valence-electron chi connectivity index (χ2n) is 8.19. The van der Waals surface area contributed by atoms with Gasteiger partial charge in [-0.05, 0) is 48.7 Å². The van der Waals surface area contributed by atoms with Gasteiger partial charge in [0.05, 0.1) is 11.9 Å². The topological polar surface area (TPSA) is 130 Å². The molecule has 0 radical (unpaired) electrons. The Morgan fingerprint density at radius 3 is 2.44 bits per heavy atom. The zero-order chi connectivity index (χ0) is 26.8. The van der Waals surface area contributed by atoms with Crippen molar-refractivity contribution in [1.29, 1.82) is 0 Å². The van der Waals surface area contributed by atoms with E-state index in [9.17, 15) is 26.4 Å². The first-order valence-electron chi connectivity index (χ1n) is 10.6. The number of benzene rings is 2. The highest BCUT2D eigenvalue weighted by molar-refractivity contribution is 7.92. The van der Waals surface area contributed by atoms with Gasteiger partial charge in [-0.3, -0.25) is 9.10 Å². The molecule has 4 N–H and O–H groups in total. The number of nitrogens with zero attached hydrogens (tertiary/aromatic N) is 3. The minimum absolute atomic E-state index is 0.146. The lowest BCUT2D eigenvalue weighted by Crippen LogP contribution is -2.26. The van der Waals surface area contributed by atoms with E-state index in [0.717, 1.165) is 16.1 Å². The van der Waals surface area contributed by atoms with Gasteiger partial charge < -0.3 is 16.4 Å². The first-order valence-corrected chi connectivity index (χ1v) is 12.4. The maximum atomic E-state index is 13.7. The number of carbonyl (C=O) groups excluding carboxylic acids is 1. The molecule has 2 aromatic carbocycles. The number of aryl methyl sites for hydroxylation is 2. The molecule has 0 aliphatic rings. The standard InChI is InChI=1S/C23H25F3N6O3S/c1-13-5-7-16(19(9-13)32(3)36(4,34)35)11-28-21-17(23(24,25)26)12-29-22(31-21)30-18-10-15(20(27)33)8-6-14(18)2/h5-10,12H,11H2,1-4H3,(H2,27,33)(H2,28,29,30,31). The van der Waals surface area contributed by atoms with Gasteiger partial charge in [-0.1, -0.05) is 18.2 Å². The van der Waals surface area contributed by atoms with Gasteiger partial charge >= 0.3 is 6.18 Å². The Labute approximate surface area is 206 Å². The Hall–Kier alpha value is -3.87. The minimum atomic E-state index is -4.75. The smallest absolute Gasteiger partial charge is 0.366 e. The van der Waals surface area contributed by atoms with Crippen molar-refractivity contribution in [2.75, 3.05) is 28.2 Å². The van der Waals surface area contributed by atoms with Crippen molar-refractivity contribution in [3.05, 3.63) is 70.4 Å². The number of sulfonamides is 1. The number of rotatable bonds is 8. The number of anilines is 4. The molecular weight excluding hydrogens is 497 g/mol. The molecule has 0 saturated heterocycles. The number of nitrogens with two attached hydrogens (primary N) is 1. The third-order valence-corrected chi connectivity index (χ3v) is 6.58. The summed E-state index contributed by atoms with van der Waals surface area (Å²) >= 11 is 0. The van der Waals surface area contributed by atoms with Crippen LogP contribution in [0.3, 0.4) is 0 Å². The molecule has 0 saturated carbocycles. The minimum Gasteiger partial charge on any atom is -0.366 e. The molecule has 36 heavy (non-hydrogen) atoms.